The van der Waals surface area contributed by atoms with Crippen molar-refractivity contribution in [3.63, 3.8) is 0 Å². The molecule has 1 aromatic rings. The number of aliphatic carboxylic acids is 1. The molecule has 2 rings (SSSR count). The van der Waals surface area contributed by atoms with Crippen molar-refractivity contribution < 1.29 is 14.7 Å². The SMILES string of the molecule is CN1CCC(C(=O)NC(C(=O)O)c2ccccc2)CC1. The maximum Gasteiger partial charge on any atom is 0.330 e. The lowest BCUT2D eigenvalue weighted by Gasteiger charge is -2.29. The Balaban J connectivity index is 2.02. The standard InChI is InChI=1S/C15H20N2O3/c1-17-9-7-12(8-10-17)14(18)16-13(15(19)20)11-5-3-2-4-6-11/h2-6,12-13H,7-10H2,1H3,(H,16,18)(H,19,20). The Bertz CT molecular complexity index is 467. The minimum absolute atomic E-state index is 0.0863. The second-order valence-corrected chi connectivity index (χ2v) is 5.27. The number of piperidine rings is 1. The molecule has 1 heterocycles. The number of carboxylic acids is 1. The molecule has 5 nitrogen and oxygen atoms in total. The number of hydrogen-bond acceptors (Lipinski definition) is 3. The summed E-state index contributed by atoms with van der Waals surface area (Å²) >= 11 is 0. The van der Waals surface area contributed by atoms with Gasteiger partial charge in [0.25, 0.3) is 0 Å². The van der Waals surface area contributed by atoms with Crippen LogP contribution in [0.15, 0.2) is 30.3 Å². The fraction of sp³-hybridized carbons (Fsp3) is 0.467. The molecule has 1 aromatic carbocycles. The van der Waals surface area contributed by atoms with Gasteiger partial charge in [0.2, 0.25) is 5.91 Å². The summed E-state index contributed by atoms with van der Waals surface area (Å²) in [4.78, 5) is 25.7. The van der Waals surface area contributed by atoms with Crippen LogP contribution in [0.3, 0.4) is 0 Å². The van der Waals surface area contributed by atoms with Crippen molar-refractivity contribution in [1.29, 1.82) is 0 Å². The van der Waals surface area contributed by atoms with Gasteiger partial charge in [0.05, 0.1) is 0 Å². The van der Waals surface area contributed by atoms with E-state index in [1.54, 1.807) is 24.3 Å². The lowest BCUT2D eigenvalue weighted by molar-refractivity contribution is -0.143. The summed E-state index contributed by atoms with van der Waals surface area (Å²) in [7, 11) is 2.03. The van der Waals surface area contributed by atoms with E-state index in [0.717, 1.165) is 25.9 Å². The van der Waals surface area contributed by atoms with Crippen molar-refractivity contribution in [2.75, 3.05) is 20.1 Å². The van der Waals surface area contributed by atoms with E-state index in [9.17, 15) is 14.7 Å². The third-order valence-corrected chi connectivity index (χ3v) is 3.76. The molecule has 1 amide bonds. The molecule has 0 aromatic heterocycles. The van der Waals surface area contributed by atoms with E-state index in [-0.39, 0.29) is 11.8 Å². The number of nitrogens with zero attached hydrogens (tertiary/aromatic N) is 1. The number of nitrogens with one attached hydrogen (secondary N) is 1. The molecule has 1 aliphatic rings. The average Bonchev–Trinajstić information content (AvgIpc) is 2.46. The summed E-state index contributed by atoms with van der Waals surface area (Å²) < 4.78 is 0. The Labute approximate surface area is 118 Å². The molecule has 0 saturated carbocycles. The van der Waals surface area contributed by atoms with Crippen LogP contribution >= 0.6 is 0 Å². The molecule has 1 unspecified atom stereocenters. The largest absolute Gasteiger partial charge is 0.479 e. The summed E-state index contributed by atoms with van der Waals surface area (Å²) in [6.45, 7) is 1.75. The summed E-state index contributed by atoms with van der Waals surface area (Å²) in [5, 5.41) is 12.0. The van der Waals surface area contributed by atoms with Crippen LogP contribution in [0.4, 0.5) is 0 Å². The first kappa shape index (κ1) is 14.5. The van der Waals surface area contributed by atoms with Gasteiger partial charge in [-0.3, -0.25) is 4.79 Å². The van der Waals surface area contributed by atoms with Crippen molar-refractivity contribution in [3.05, 3.63) is 35.9 Å². The number of benzene rings is 1. The Kier molecular flexibility index (Phi) is 4.74. The van der Waals surface area contributed by atoms with Gasteiger partial charge in [0.15, 0.2) is 6.04 Å². The number of hydrogen-bond donors (Lipinski definition) is 2. The Morgan fingerprint density at radius 3 is 2.40 bits per heavy atom. The number of amides is 1. The highest BCUT2D eigenvalue weighted by Gasteiger charge is 2.28. The molecular formula is C15H20N2O3. The van der Waals surface area contributed by atoms with Gasteiger partial charge in [-0.15, -0.1) is 0 Å². The topological polar surface area (TPSA) is 69.6 Å². The minimum Gasteiger partial charge on any atom is -0.479 e. The van der Waals surface area contributed by atoms with Crippen molar-refractivity contribution in [1.82, 2.24) is 10.2 Å². The van der Waals surface area contributed by atoms with E-state index >= 15 is 0 Å². The molecule has 0 spiro atoms. The van der Waals surface area contributed by atoms with Crippen LogP contribution in [-0.2, 0) is 9.59 Å². The van der Waals surface area contributed by atoms with Crippen LogP contribution in [-0.4, -0.2) is 42.0 Å². The fourth-order valence-electron chi connectivity index (χ4n) is 2.46. The predicted molar refractivity (Wildman–Crippen MR) is 75.2 cm³/mol. The maximum atomic E-state index is 12.2. The third kappa shape index (κ3) is 3.57. The fourth-order valence-corrected chi connectivity index (χ4v) is 2.46. The normalized spacial score (nSPS) is 18.4. The van der Waals surface area contributed by atoms with Crippen molar-refractivity contribution in [2.24, 2.45) is 5.92 Å². The highest BCUT2D eigenvalue weighted by molar-refractivity contribution is 5.85. The second-order valence-electron chi connectivity index (χ2n) is 5.27. The smallest absolute Gasteiger partial charge is 0.330 e. The third-order valence-electron chi connectivity index (χ3n) is 3.76. The van der Waals surface area contributed by atoms with Gasteiger partial charge in [0.1, 0.15) is 0 Å². The zero-order valence-corrected chi connectivity index (χ0v) is 11.6. The molecule has 20 heavy (non-hydrogen) atoms. The molecule has 0 aliphatic carbocycles. The van der Waals surface area contributed by atoms with Crippen LogP contribution in [0.5, 0.6) is 0 Å². The molecule has 1 aliphatic heterocycles. The summed E-state index contributed by atoms with van der Waals surface area (Å²) in [5.74, 6) is -1.27. The molecule has 0 radical (unpaired) electrons. The van der Waals surface area contributed by atoms with Gasteiger partial charge in [-0.2, -0.15) is 0 Å². The van der Waals surface area contributed by atoms with Gasteiger partial charge in [-0.1, -0.05) is 30.3 Å². The Morgan fingerprint density at radius 1 is 1.25 bits per heavy atom. The maximum absolute atomic E-state index is 12.2. The first-order valence-corrected chi connectivity index (χ1v) is 6.84. The van der Waals surface area contributed by atoms with Crippen LogP contribution in [0.25, 0.3) is 0 Å². The highest BCUT2D eigenvalue weighted by Crippen LogP contribution is 2.19. The number of rotatable bonds is 4. The molecule has 1 atom stereocenters. The molecule has 1 fully saturated rings. The van der Waals surface area contributed by atoms with E-state index < -0.39 is 12.0 Å². The van der Waals surface area contributed by atoms with Crippen LogP contribution < -0.4 is 5.32 Å². The summed E-state index contributed by atoms with van der Waals surface area (Å²) in [6.07, 6.45) is 1.56. The number of likely N-dealkylation sites (tertiary alicyclic amines) is 1. The molecule has 108 valence electrons. The quantitative estimate of drug-likeness (QED) is 0.869. The van der Waals surface area contributed by atoms with Crippen molar-refractivity contribution >= 4 is 11.9 Å². The van der Waals surface area contributed by atoms with E-state index in [4.69, 9.17) is 0 Å². The molecular weight excluding hydrogens is 256 g/mol. The van der Waals surface area contributed by atoms with Crippen LogP contribution in [0.2, 0.25) is 0 Å². The van der Waals surface area contributed by atoms with Crippen molar-refractivity contribution in [3.8, 4) is 0 Å². The van der Waals surface area contributed by atoms with E-state index in [1.807, 2.05) is 13.1 Å². The Morgan fingerprint density at radius 2 is 1.85 bits per heavy atom. The first-order chi connectivity index (χ1) is 9.58. The zero-order valence-electron chi connectivity index (χ0n) is 11.6. The highest BCUT2D eigenvalue weighted by atomic mass is 16.4. The van der Waals surface area contributed by atoms with Gasteiger partial charge >= 0.3 is 5.97 Å². The summed E-state index contributed by atoms with van der Waals surface area (Å²) in [5.41, 5.74) is 0.598. The lowest BCUT2D eigenvalue weighted by Crippen LogP contribution is -2.42. The lowest BCUT2D eigenvalue weighted by atomic mass is 9.95. The van der Waals surface area contributed by atoms with E-state index in [0.29, 0.717) is 5.56 Å². The molecule has 0 bridgehead atoms. The minimum atomic E-state index is -1.03. The number of carbonyl (C=O) groups is 2. The van der Waals surface area contributed by atoms with E-state index in [2.05, 4.69) is 10.2 Å². The van der Waals surface area contributed by atoms with Crippen LogP contribution in [0, 0.1) is 5.92 Å². The van der Waals surface area contributed by atoms with Gasteiger partial charge in [0, 0.05) is 5.92 Å². The van der Waals surface area contributed by atoms with Gasteiger partial charge < -0.3 is 15.3 Å². The second kappa shape index (κ2) is 6.52. The molecule has 1 saturated heterocycles. The number of carboxylic acid groups (broad SMARTS) is 1. The molecule has 2 N–H and O–H groups in total. The number of carbonyl (C=O) groups excluding carboxylic acids is 1. The monoisotopic (exact) mass is 276 g/mol. The van der Waals surface area contributed by atoms with Crippen molar-refractivity contribution in [2.45, 2.75) is 18.9 Å². The van der Waals surface area contributed by atoms with Gasteiger partial charge in [-0.05, 0) is 38.5 Å². The van der Waals surface area contributed by atoms with E-state index in [1.165, 1.54) is 0 Å². The summed E-state index contributed by atoms with van der Waals surface area (Å²) in [6, 6.07) is 7.83. The molecule has 5 heteroatoms. The average molecular weight is 276 g/mol. The van der Waals surface area contributed by atoms with Crippen LogP contribution in [0.1, 0.15) is 24.4 Å². The van der Waals surface area contributed by atoms with Gasteiger partial charge in [-0.25, -0.2) is 4.79 Å². The first-order valence-electron chi connectivity index (χ1n) is 6.84. The predicted octanol–water partition coefficient (Wildman–Crippen LogP) is 1.27. The zero-order chi connectivity index (χ0) is 14.5. The Hall–Kier alpha value is -1.88.